The van der Waals surface area contributed by atoms with Gasteiger partial charge in [-0.15, -0.1) is 0 Å². The van der Waals surface area contributed by atoms with Crippen LogP contribution in [0.2, 0.25) is 0 Å². The van der Waals surface area contributed by atoms with E-state index >= 15 is 0 Å². The summed E-state index contributed by atoms with van der Waals surface area (Å²) in [7, 11) is -4.20. The maximum Gasteiger partial charge on any atom is 0.246 e. The summed E-state index contributed by atoms with van der Waals surface area (Å²) < 4.78 is 63.6. The van der Waals surface area contributed by atoms with Crippen molar-refractivity contribution < 1.29 is 26.7 Å². The summed E-state index contributed by atoms with van der Waals surface area (Å²) >= 11 is 0. The van der Waals surface area contributed by atoms with Crippen molar-refractivity contribution in [1.82, 2.24) is 4.72 Å². The van der Waals surface area contributed by atoms with Crippen LogP contribution >= 0.6 is 0 Å². The van der Waals surface area contributed by atoms with E-state index in [4.69, 9.17) is 9.47 Å². The standard InChI is InChI=1S/C14H19F2NO4S/c15-12-5-1-6-13(16)14(12)22(18,19)17-7-3-8-20-10-11-4-2-9-21-11/h1,5-6,11,17H,2-4,7-10H2/t11-/m1/s1. The normalized spacial score (nSPS) is 18.7. The maximum atomic E-state index is 13.5. The number of hydrogen-bond donors (Lipinski definition) is 1. The highest BCUT2D eigenvalue weighted by Gasteiger charge is 2.23. The third-order valence-corrected chi connectivity index (χ3v) is 4.78. The molecular weight excluding hydrogens is 316 g/mol. The van der Waals surface area contributed by atoms with Crippen LogP contribution in [0.15, 0.2) is 23.1 Å². The SMILES string of the molecule is O=S(=O)(NCCCOC[C@H]1CCCO1)c1c(F)cccc1F. The van der Waals surface area contributed by atoms with E-state index in [-0.39, 0.29) is 12.6 Å². The smallest absolute Gasteiger partial charge is 0.246 e. The van der Waals surface area contributed by atoms with Gasteiger partial charge in [0.15, 0.2) is 4.90 Å². The zero-order valence-electron chi connectivity index (χ0n) is 12.1. The Balaban J connectivity index is 1.73. The highest BCUT2D eigenvalue weighted by Crippen LogP contribution is 2.17. The average Bonchev–Trinajstić information content (AvgIpc) is 2.95. The van der Waals surface area contributed by atoms with Crippen molar-refractivity contribution in [3.05, 3.63) is 29.8 Å². The third kappa shape index (κ3) is 4.70. The van der Waals surface area contributed by atoms with Gasteiger partial charge in [0.25, 0.3) is 0 Å². The van der Waals surface area contributed by atoms with Crippen LogP contribution in [0.25, 0.3) is 0 Å². The molecule has 22 heavy (non-hydrogen) atoms. The summed E-state index contributed by atoms with van der Waals surface area (Å²) in [6.07, 6.45) is 2.52. The number of hydrogen-bond acceptors (Lipinski definition) is 4. The molecule has 1 saturated heterocycles. The van der Waals surface area contributed by atoms with Crippen LogP contribution < -0.4 is 4.72 Å². The molecule has 8 heteroatoms. The van der Waals surface area contributed by atoms with Gasteiger partial charge in [-0.25, -0.2) is 21.9 Å². The molecule has 1 aromatic carbocycles. The fraction of sp³-hybridized carbons (Fsp3) is 0.571. The lowest BCUT2D eigenvalue weighted by atomic mass is 10.2. The first kappa shape index (κ1) is 17.3. The molecule has 0 aromatic heterocycles. The van der Waals surface area contributed by atoms with Crippen LogP contribution in [0.3, 0.4) is 0 Å². The molecular formula is C14H19F2NO4S. The zero-order chi connectivity index (χ0) is 16.0. The highest BCUT2D eigenvalue weighted by atomic mass is 32.2. The second-order valence-corrected chi connectivity index (χ2v) is 6.72. The minimum absolute atomic E-state index is 0.0433. The molecule has 124 valence electrons. The summed E-state index contributed by atoms with van der Waals surface area (Å²) in [5, 5.41) is 0. The van der Waals surface area contributed by atoms with E-state index in [2.05, 4.69) is 4.72 Å². The fourth-order valence-corrected chi connectivity index (χ4v) is 3.39. The molecule has 1 aromatic rings. The summed E-state index contributed by atoms with van der Waals surface area (Å²) in [5.41, 5.74) is 0. The molecule has 0 bridgehead atoms. The molecule has 1 aliphatic rings. The lowest BCUT2D eigenvalue weighted by Gasteiger charge is -2.11. The van der Waals surface area contributed by atoms with Gasteiger partial charge in [0.1, 0.15) is 11.6 Å². The third-order valence-electron chi connectivity index (χ3n) is 3.27. The van der Waals surface area contributed by atoms with Gasteiger partial charge < -0.3 is 9.47 Å². The van der Waals surface area contributed by atoms with E-state index in [0.29, 0.717) is 19.6 Å². The molecule has 0 unspecified atom stereocenters. The average molecular weight is 335 g/mol. The second-order valence-electron chi connectivity index (χ2n) is 5.01. The van der Waals surface area contributed by atoms with Crippen LogP contribution in [0.1, 0.15) is 19.3 Å². The quantitative estimate of drug-likeness (QED) is 0.736. The topological polar surface area (TPSA) is 64.6 Å². The predicted molar refractivity (Wildman–Crippen MR) is 76.0 cm³/mol. The van der Waals surface area contributed by atoms with Crippen molar-refractivity contribution in [2.45, 2.75) is 30.3 Å². The van der Waals surface area contributed by atoms with Gasteiger partial charge in [-0.3, -0.25) is 0 Å². The molecule has 1 N–H and O–H groups in total. The van der Waals surface area contributed by atoms with E-state index < -0.39 is 26.6 Å². The summed E-state index contributed by atoms with van der Waals surface area (Å²) in [6.45, 7) is 1.63. The Hall–Kier alpha value is -1.09. The van der Waals surface area contributed by atoms with Crippen molar-refractivity contribution in [3.8, 4) is 0 Å². The predicted octanol–water partition coefficient (Wildman–Crippen LogP) is 1.83. The van der Waals surface area contributed by atoms with Gasteiger partial charge in [-0.2, -0.15) is 0 Å². The van der Waals surface area contributed by atoms with E-state index in [9.17, 15) is 17.2 Å². The fourth-order valence-electron chi connectivity index (χ4n) is 2.18. The van der Waals surface area contributed by atoms with Crippen molar-refractivity contribution in [2.75, 3.05) is 26.4 Å². The Labute approximate surface area is 128 Å². The van der Waals surface area contributed by atoms with Crippen molar-refractivity contribution in [2.24, 2.45) is 0 Å². The number of halogens is 2. The van der Waals surface area contributed by atoms with E-state index in [1.807, 2.05) is 0 Å². The largest absolute Gasteiger partial charge is 0.379 e. The molecule has 1 aliphatic heterocycles. The van der Waals surface area contributed by atoms with Crippen molar-refractivity contribution in [1.29, 1.82) is 0 Å². The number of ether oxygens (including phenoxy) is 2. The zero-order valence-corrected chi connectivity index (χ0v) is 12.9. The highest BCUT2D eigenvalue weighted by molar-refractivity contribution is 7.89. The van der Waals surface area contributed by atoms with E-state index in [1.54, 1.807) is 0 Å². The van der Waals surface area contributed by atoms with Gasteiger partial charge >= 0.3 is 0 Å². The van der Waals surface area contributed by atoms with Crippen molar-refractivity contribution in [3.63, 3.8) is 0 Å². The van der Waals surface area contributed by atoms with Gasteiger partial charge in [-0.1, -0.05) is 6.07 Å². The minimum Gasteiger partial charge on any atom is -0.379 e. The van der Waals surface area contributed by atoms with Crippen LogP contribution in [0.4, 0.5) is 8.78 Å². The molecule has 0 aliphatic carbocycles. The lowest BCUT2D eigenvalue weighted by Crippen LogP contribution is -2.27. The summed E-state index contributed by atoms with van der Waals surface area (Å²) in [6, 6.07) is 2.92. The summed E-state index contributed by atoms with van der Waals surface area (Å²) in [4.78, 5) is -0.949. The molecule has 0 amide bonds. The van der Waals surface area contributed by atoms with E-state index in [0.717, 1.165) is 37.6 Å². The first-order chi connectivity index (χ1) is 10.5. The molecule has 2 rings (SSSR count). The molecule has 5 nitrogen and oxygen atoms in total. The number of benzene rings is 1. The lowest BCUT2D eigenvalue weighted by molar-refractivity contribution is 0.0169. The Kier molecular flexibility index (Phi) is 6.25. The Morgan fingerprint density at radius 3 is 2.68 bits per heavy atom. The molecule has 0 spiro atoms. The Bertz CT molecular complexity index is 568. The maximum absolute atomic E-state index is 13.5. The Morgan fingerprint density at radius 1 is 1.32 bits per heavy atom. The van der Waals surface area contributed by atoms with Crippen LogP contribution in [-0.2, 0) is 19.5 Å². The number of nitrogens with one attached hydrogen (secondary N) is 1. The molecule has 0 radical (unpaired) electrons. The molecule has 1 atom stereocenters. The van der Waals surface area contributed by atoms with Gasteiger partial charge in [0, 0.05) is 19.8 Å². The summed E-state index contributed by atoms with van der Waals surface area (Å²) in [5.74, 6) is -2.22. The van der Waals surface area contributed by atoms with Gasteiger partial charge in [0.05, 0.1) is 12.7 Å². The van der Waals surface area contributed by atoms with E-state index in [1.165, 1.54) is 0 Å². The van der Waals surface area contributed by atoms with Crippen LogP contribution in [0, 0.1) is 11.6 Å². The number of sulfonamides is 1. The molecule has 0 saturated carbocycles. The minimum atomic E-state index is -4.20. The first-order valence-electron chi connectivity index (χ1n) is 7.14. The molecule has 1 fully saturated rings. The monoisotopic (exact) mass is 335 g/mol. The molecule has 1 heterocycles. The first-order valence-corrected chi connectivity index (χ1v) is 8.62. The Morgan fingerprint density at radius 2 is 2.05 bits per heavy atom. The van der Waals surface area contributed by atoms with Gasteiger partial charge in [0.2, 0.25) is 10.0 Å². The van der Waals surface area contributed by atoms with Crippen molar-refractivity contribution >= 4 is 10.0 Å². The van der Waals surface area contributed by atoms with Crippen LogP contribution in [-0.4, -0.2) is 40.9 Å². The number of rotatable bonds is 8. The second kappa shape index (κ2) is 7.96. The van der Waals surface area contributed by atoms with Crippen LogP contribution in [0.5, 0.6) is 0 Å². The van der Waals surface area contributed by atoms with Gasteiger partial charge in [-0.05, 0) is 31.4 Å².